The first-order valence-corrected chi connectivity index (χ1v) is 7.63. The molecule has 2 aromatic carbocycles. The van der Waals surface area contributed by atoms with Crippen molar-refractivity contribution < 1.29 is 14.0 Å². The summed E-state index contributed by atoms with van der Waals surface area (Å²) in [5, 5.41) is 1.01. The Kier molecular flexibility index (Phi) is 4.08. The smallest absolute Gasteiger partial charge is 0.254 e. The third-order valence-electron chi connectivity index (χ3n) is 4.17. The van der Waals surface area contributed by atoms with Gasteiger partial charge in [0.1, 0.15) is 11.3 Å². The second kappa shape index (κ2) is 6.20. The Hall–Kier alpha value is -3.08. The lowest BCUT2D eigenvalue weighted by Gasteiger charge is -2.23. The van der Waals surface area contributed by atoms with Gasteiger partial charge in [-0.2, -0.15) is 0 Å². The van der Waals surface area contributed by atoms with Gasteiger partial charge in [-0.25, -0.2) is 0 Å². The van der Waals surface area contributed by atoms with Gasteiger partial charge in [-0.3, -0.25) is 9.59 Å². The zero-order valence-electron chi connectivity index (χ0n) is 13.5. The monoisotopic (exact) mass is 322 g/mol. The first kappa shape index (κ1) is 15.8. The minimum atomic E-state index is -0.516. The zero-order valence-corrected chi connectivity index (χ0v) is 13.5. The summed E-state index contributed by atoms with van der Waals surface area (Å²) in [5.74, 6) is 0.0535. The normalized spacial score (nSPS) is 12.1. The molecule has 0 aliphatic heterocycles. The molecule has 0 radical (unpaired) electrons. The number of para-hydroxylation sites is 1. The van der Waals surface area contributed by atoms with Gasteiger partial charge in [-0.1, -0.05) is 18.2 Å². The summed E-state index contributed by atoms with van der Waals surface area (Å²) < 4.78 is 5.83. The van der Waals surface area contributed by atoms with Crippen LogP contribution in [0.3, 0.4) is 0 Å². The van der Waals surface area contributed by atoms with Gasteiger partial charge in [0.25, 0.3) is 5.91 Å². The molecule has 2 N–H and O–H groups in total. The van der Waals surface area contributed by atoms with Crippen LogP contribution in [0.2, 0.25) is 0 Å². The zero-order chi connectivity index (χ0) is 17.3. The van der Waals surface area contributed by atoms with Crippen LogP contribution in [-0.4, -0.2) is 23.8 Å². The fraction of sp³-hybridized carbons (Fsp3) is 0.158. The van der Waals surface area contributed by atoms with Crippen molar-refractivity contribution in [3.8, 4) is 0 Å². The molecule has 0 aliphatic carbocycles. The van der Waals surface area contributed by atoms with Crippen LogP contribution in [-0.2, 0) is 0 Å². The van der Waals surface area contributed by atoms with Gasteiger partial charge in [-0.05, 0) is 43.3 Å². The van der Waals surface area contributed by atoms with E-state index in [0.29, 0.717) is 11.1 Å². The van der Waals surface area contributed by atoms with Crippen LogP contribution < -0.4 is 5.73 Å². The molecule has 122 valence electrons. The van der Waals surface area contributed by atoms with E-state index in [1.807, 2.05) is 37.3 Å². The van der Waals surface area contributed by atoms with Crippen LogP contribution in [0.15, 0.2) is 59.0 Å². The minimum Gasteiger partial charge on any atom is -0.459 e. The van der Waals surface area contributed by atoms with Crippen molar-refractivity contribution in [1.82, 2.24) is 4.90 Å². The highest BCUT2D eigenvalue weighted by atomic mass is 16.3. The molecule has 0 bridgehead atoms. The molecule has 1 aromatic heterocycles. The lowest BCUT2D eigenvalue weighted by molar-refractivity contribution is 0.0727. The van der Waals surface area contributed by atoms with Gasteiger partial charge >= 0.3 is 0 Å². The molecule has 0 saturated heterocycles. The van der Waals surface area contributed by atoms with Gasteiger partial charge in [0.05, 0.1) is 6.04 Å². The Bertz CT molecular complexity index is 863. The Balaban J connectivity index is 1.82. The van der Waals surface area contributed by atoms with Gasteiger partial charge in [0.15, 0.2) is 0 Å². The highest BCUT2D eigenvalue weighted by Crippen LogP contribution is 2.27. The van der Waals surface area contributed by atoms with E-state index in [0.717, 1.165) is 16.7 Å². The average Bonchev–Trinajstić information content (AvgIpc) is 3.04. The number of nitrogens with zero attached hydrogens (tertiary/aromatic N) is 1. The van der Waals surface area contributed by atoms with Crippen molar-refractivity contribution in [2.45, 2.75) is 13.0 Å². The van der Waals surface area contributed by atoms with Crippen LogP contribution >= 0.6 is 0 Å². The van der Waals surface area contributed by atoms with E-state index in [2.05, 4.69) is 0 Å². The second-order valence-electron chi connectivity index (χ2n) is 5.72. The lowest BCUT2D eigenvalue weighted by atomic mass is 10.1. The first-order chi connectivity index (χ1) is 11.5. The summed E-state index contributed by atoms with van der Waals surface area (Å²) >= 11 is 0. The van der Waals surface area contributed by atoms with Crippen molar-refractivity contribution in [2.75, 3.05) is 7.05 Å². The summed E-state index contributed by atoms with van der Waals surface area (Å²) in [5.41, 5.74) is 6.88. The van der Waals surface area contributed by atoms with Gasteiger partial charge < -0.3 is 15.1 Å². The Morgan fingerprint density at radius 3 is 2.29 bits per heavy atom. The summed E-state index contributed by atoms with van der Waals surface area (Å²) in [6.07, 6.45) is 0. The number of primary amides is 1. The molecular weight excluding hydrogens is 304 g/mol. The number of amides is 2. The highest BCUT2D eigenvalue weighted by molar-refractivity contribution is 5.97. The van der Waals surface area contributed by atoms with E-state index in [1.165, 1.54) is 0 Å². The number of carbonyl (C=O) groups excluding carboxylic acids is 2. The van der Waals surface area contributed by atoms with Crippen LogP contribution in [0.5, 0.6) is 0 Å². The Morgan fingerprint density at radius 2 is 1.67 bits per heavy atom. The van der Waals surface area contributed by atoms with E-state index < -0.39 is 5.91 Å². The van der Waals surface area contributed by atoms with Gasteiger partial charge in [0, 0.05) is 23.6 Å². The molecule has 2 amide bonds. The van der Waals surface area contributed by atoms with E-state index in [4.69, 9.17) is 10.2 Å². The van der Waals surface area contributed by atoms with Crippen LogP contribution in [0.25, 0.3) is 11.0 Å². The Morgan fingerprint density at radius 1 is 1.04 bits per heavy atom. The predicted molar refractivity (Wildman–Crippen MR) is 91.7 cm³/mol. The summed E-state index contributed by atoms with van der Waals surface area (Å²) in [6.45, 7) is 1.91. The van der Waals surface area contributed by atoms with E-state index in [-0.39, 0.29) is 11.9 Å². The topological polar surface area (TPSA) is 76.5 Å². The maximum atomic E-state index is 12.6. The highest BCUT2D eigenvalue weighted by Gasteiger charge is 2.22. The third kappa shape index (κ3) is 2.88. The number of benzene rings is 2. The van der Waals surface area contributed by atoms with Crippen LogP contribution in [0.1, 0.15) is 39.4 Å². The van der Waals surface area contributed by atoms with Crippen molar-refractivity contribution >= 4 is 22.8 Å². The van der Waals surface area contributed by atoms with Crippen molar-refractivity contribution in [1.29, 1.82) is 0 Å². The molecule has 0 saturated carbocycles. The molecular formula is C19H18N2O3. The summed E-state index contributed by atoms with van der Waals surface area (Å²) in [7, 11) is 1.72. The number of hydrogen-bond donors (Lipinski definition) is 1. The maximum Gasteiger partial charge on any atom is 0.254 e. The molecule has 5 heteroatoms. The van der Waals surface area contributed by atoms with Crippen LogP contribution in [0, 0.1) is 0 Å². The quantitative estimate of drug-likeness (QED) is 0.800. The van der Waals surface area contributed by atoms with Crippen molar-refractivity contribution in [3.05, 3.63) is 71.5 Å². The maximum absolute atomic E-state index is 12.6. The molecule has 24 heavy (non-hydrogen) atoms. The molecule has 3 rings (SSSR count). The first-order valence-electron chi connectivity index (χ1n) is 7.63. The lowest BCUT2D eigenvalue weighted by Crippen LogP contribution is -2.29. The molecule has 0 spiro atoms. The van der Waals surface area contributed by atoms with Gasteiger partial charge in [-0.15, -0.1) is 0 Å². The third-order valence-corrected chi connectivity index (χ3v) is 4.17. The second-order valence-corrected chi connectivity index (χ2v) is 5.72. The average molecular weight is 322 g/mol. The number of carbonyl (C=O) groups is 2. The minimum absolute atomic E-state index is 0.154. The number of furan rings is 1. The van der Waals surface area contributed by atoms with Crippen molar-refractivity contribution in [2.24, 2.45) is 5.73 Å². The SMILES string of the molecule is CC(c1cc2ccccc2o1)N(C)C(=O)c1ccc(C(N)=O)cc1. The fourth-order valence-corrected chi connectivity index (χ4v) is 2.56. The molecule has 1 heterocycles. The van der Waals surface area contributed by atoms with E-state index in [9.17, 15) is 9.59 Å². The number of fused-ring (bicyclic) bond motifs is 1. The van der Waals surface area contributed by atoms with Crippen molar-refractivity contribution in [3.63, 3.8) is 0 Å². The largest absolute Gasteiger partial charge is 0.459 e. The van der Waals surface area contributed by atoms with Gasteiger partial charge in [0.2, 0.25) is 5.91 Å². The molecule has 5 nitrogen and oxygen atoms in total. The molecule has 3 aromatic rings. The molecule has 0 aliphatic rings. The predicted octanol–water partition coefficient (Wildman–Crippen LogP) is 3.36. The summed E-state index contributed by atoms with van der Waals surface area (Å²) in [4.78, 5) is 25.3. The number of rotatable bonds is 4. The number of hydrogen-bond acceptors (Lipinski definition) is 3. The van der Waals surface area contributed by atoms with E-state index in [1.54, 1.807) is 36.2 Å². The summed E-state index contributed by atoms with van der Waals surface area (Å²) in [6, 6.07) is 15.8. The Labute approximate surface area is 139 Å². The fourth-order valence-electron chi connectivity index (χ4n) is 2.56. The molecule has 1 unspecified atom stereocenters. The van der Waals surface area contributed by atoms with Crippen LogP contribution in [0.4, 0.5) is 0 Å². The molecule has 0 fully saturated rings. The number of nitrogens with two attached hydrogens (primary N) is 1. The van der Waals surface area contributed by atoms with E-state index >= 15 is 0 Å². The standard InChI is InChI=1S/C19H18N2O3/c1-12(17-11-15-5-3-4-6-16(15)24-17)21(2)19(23)14-9-7-13(8-10-14)18(20)22/h3-12H,1-2H3,(H2,20,22). The molecule has 1 atom stereocenters.